The van der Waals surface area contributed by atoms with E-state index in [2.05, 4.69) is 5.32 Å². The van der Waals surface area contributed by atoms with E-state index in [1.165, 1.54) is 0 Å². The third kappa shape index (κ3) is 2.02. The lowest BCUT2D eigenvalue weighted by Crippen LogP contribution is -2.33. The summed E-state index contributed by atoms with van der Waals surface area (Å²) in [6, 6.07) is 5.10. The number of carboxylic acids is 1. The number of hydrogen-bond donors (Lipinski definition) is 2. The lowest BCUT2D eigenvalue weighted by molar-refractivity contribution is -0.137. The SMILES string of the molecule is COc1ccc2c(c1)NC(C(=O)O)CS2. The lowest BCUT2D eigenvalue weighted by Gasteiger charge is -2.23. The zero-order chi connectivity index (χ0) is 10.8. The zero-order valence-corrected chi connectivity index (χ0v) is 9.00. The van der Waals surface area contributed by atoms with Gasteiger partial charge in [0.1, 0.15) is 11.8 Å². The number of benzene rings is 1. The molecule has 0 spiro atoms. The van der Waals surface area contributed by atoms with Gasteiger partial charge in [-0.2, -0.15) is 0 Å². The minimum Gasteiger partial charge on any atom is -0.497 e. The predicted octanol–water partition coefficient (Wildman–Crippen LogP) is 1.67. The van der Waals surface area contributed by atoms with E-state index in [1.807, 2.05) is 18.2 Å². The van der Waals surface area contributed by atoms with Crippen LogP contribution in [0.15, 0.2) is 23.1 Å². The summed E-state index contributed by atoms with van der Waals surface area (Å²) >= 11 is 1.55. The molecule has 1 atom stereocenters. The second kappa shape index (κ2) is 4.02. The fourth-order valence-corrected chi connectivity index (χ4v) is 2.42. The second-order valence-electron chi connectivity index (χ2n) is 3.21. The van der Waals surface area contributed by atoms with Crippen LogP contribution in [-0.4, -0.2) is 30.0 Å². The van der Waals surface area contributed by atoms with E-state index in [0.29, 0.717) is 5.75 Å². The Labute approximate surface area is 91.6 Å². The smallest absolute Gasteiger partial charge is 0.326 e. The summed E-state index contributed by atoms with van der Waals surface area (Å²) in [6.07, 6.45) is 0. The highest BCUT2D eigenvalue weighted by Crippen LogP contribution is 2.35. The number of thioether (sulfide) groups is 1. The molecule has 4 nitrogen and oxygen atoms in total. The normalized spacial score (nSPS) is 18.9. The minimum atomic E-state index is -0.823. The molecule has 1 aromatic rings. The van der Waals surface area contributed by atoms with Gasteiger partial charge in [-0.1, -0.05) is 0 Å². The Morgan fingerprint density at radius 3 is 3.13 bits per heavy atom. The molecule has 5 heteroatoms. The first-order valence-electron chi connectivity index (χ1n) is 4.51. The van der Waals surface area contributed by atoms with Gasteiger partial charge in [0.05, 0.1) is 12.8 Å². The van der Waals surface area contributed by atoms with Crippen LogP contribution in [0.3, 0.4) is 0 Å². The maximum absolute atomic E-state index is 10.8. The maximum Gasteiger partial charge on any atom is 0.326 e. The highest BCUT2D eigenvalue weighted by molar-refractivity contribution is 7.99. The minimum absolute atomic E-state index is 0.519. The Hall–Kier alpha value is -1.36. The van der Waals surface area contributed by atoms with Crippen molar-refractivity contribution in [3.05, 3.63) is 18.2 Å². The maximum atomic E-state index is 10.8. The van der Waals surface area contributed by atoms with E-state index in [9.17, 15) is 4.79 Å². The number of ether oxygens (including phenoxy) is 1. The van der Waals surface area contributed by atoms with E-state index in [4.69, 9.17) is 9.84 Å². The molecule has 1 aliphatic heterocycles. The summed E-state index contributed by atoms with van der Waals surface area (Å²) in [5, 5.41) is 11.9. The van der Waals surface area contributed by atoms with Gasteiger partial charge in [0.25, 0.3) is 0 Å². The molecule has 0 aliphatic carbocycles. The zero-order valence-electron chi connectivity index (χ0n) is 8.19. The Balaban J connectivity index is 2.27. The van der Waals surface area contributed by atoms with Gasteiger partial charge in [0, 0.05) is 16.7 Å². The van der Waals surface area contributed by atoms with Crippen LogP contribution in [0, 0.1) is 0 Å². The average Bonchev–Trinajstić information content (AvgIpc) is 2.27. The van der Waals surface area contributed by atoms with Crippen LogP contribution >= 0.6 is 11.8 Å². The Kier molecular flexibility index (Phi) is 2.73. The average molecular weight is 225 g/mol. The van der Waals surface area contributed by atoms with E-state index >= 15 is 0 Å². The molecule has 0 bridgehead atoms. The molecular formula is C10H11NO3S. The number of hydrogen-bond acceptors (Lipinski definition) is 4. The molecule has 1 aromatic carbocycles. The molecule has 2 rings (SSSR count). The summed E-state index contributed by atoms with van der Waals surface area (Å²) in [7, 11) is 1.59. The van der Waals surface area contributed by atoms with Crippen molar-refractivity contribution in [1.82, 2.24) is 0 Å². The molecule has 0 saturated carbocycles. The van der Waals surface area contributed by atoms with Gasteiger partial charge in [0.15, 0.2) is 0 Å². The van der Waals surface area contributed by atoms with Gasteiger partial charge in [-0.05, 0) is 12.1 Å². The highest BCUT2D eigenvalue weighted by atomic mass is 32.2. The van der Waals surface area contributed by atoms with E-state index < -0.39 is 12.0 Å². The van der Waals surface area contributed by atoms with Crippen LogP contribution in [0.1, 0.15) is 0 Å². The van der Waals surface area contributed by atoms with Crippen molar-refractivity contribution >= 4 is 23.4 Å². The molecule has 1 unspecified atom stereocenters. The van der Waals surface area contributed by atoms with Crippen molar-refractivity contribution in [2.75, 3.05) is 18.2 Å². The van der Waals surface area contributed by atoms with Crippen LogP contribution in [0.2, 0.25) is 0 Å². The van der Waals surface area contributed by atoms with Crippen LogP contribution < -0.4 is 10.1 Å². The van der Waals surface area contributed by atoms with Crippen molar-refractivity contribution in [2.45, 2.75) is 10.9 Å². The molecule has 0 aromatic heterocycles. The van der Waals surface area contributed by atoms with Gasteiger partial charge in [-0.25, -0.2) is 4.79 Å². The van der Waals surface area contributed by atoms with Crippen molar-refractivity contribution in [1.29, 1.82) is 0 Å². The third-order valence-corrected chi connectivity index (χ3v) is 3.39. The number of carbonyl (C=O) groups is 1. The largest absolute Gasteiger partial charge is 0.497 e. The van der Waals surface area contributed by atoms with Gasteiger partial charge in [-0.15, -0.1) is 11.8 Å². The van der Waals surface area contributed by atoms with E-state index in [-0.39, 0.29) is 0 Å². The number of rotatable bonds is 2. The van der Waals surface area contributed by atoms with Crippen LogP contribution in [0.5, 0.6) is 5.75 Å². The molecular weight excluding hydrogens is 214 g/mol. The number of nitrogens with one attached hydrogen (secondary N) is 1. The highest BCUT2D eigenvalue weighted by Gasteiger charge is 2.23. The Morgan fingerprint density at radius 1 is 1.67 bits per heavy atom. The number of aliphatic carboxylic acids is 1. The van der Waals surface area contributed by atoms with Gasteiger partial charge in [-0.3, -0.25) is 0 Å². The van der Waals surface area contributed by atoms with Crippen LogP contribution in [0.25, 0.3) is 0 Å². The first-order chi connectivity index (χ1) is 7.20. The molecule has 0 radical (unpaired) electrons. The molecule has 15 heavy (non-hydrogen) atoms. The lowest BCUT2D eigenvalue weighted by atomic mass is 10.2. The van der Waals surface area contributed by atoms with Crippen LogP contribution in [-0.2, 0) is 4.79 Å². The monoisotopic (exact) mass is 225 g/mol. The second-order valence-corrected chi connectivity index (χ2v) is 4.27. The predicted molar refractivity (Wildman–Crippen MR) is 58.8 cm³/mol. The topological polar surface area (TPSA) is 58.6 Å². The molecule has 1 aliphatic rings. The van der Waals surface area contributed by atoms with Crippen molar-refractivity contribution < 1.29 is 14.6 Å². The molecule has 0 amide bonds. The van der Waals surface area contributed by atoms with Crippen molar-refractivity contribution in [2.24, 2.45) is 0 Å². The molecule has 1 heterocycles. The number of methoxy groups -OCH3 is 1. The summed E-state index contributed by atoms with van der Waals surface area (Å²) in [5.74, 6) is 0.457. The third-order valence-electron chi connectivity index (χ3n) is 2.22. The summed E-state index contributed by atoms with van der Waals surface area (Å²) in [6.45, 7) is 0. The van der Waals surface area contributed by atoms with Crippen molar-refractivity contribution in [3.8, 4) is 5.75 Å². The first kappa shape index (κ1) is 10.2. The Morgan fingerprint density at radius 2 is 2.47 bits per heavy atom. The number of fused-ring (bicyclic) bond motifs is 1. The van der Waals surface area contributed by atoms with E-state index in [0.717, 1.165) is 16.3 Å². The van der Waals surface area contributed by atoms with Crippen LogP contribution in [0.4, 0.5) is 5.69 Å². The standard InChI is InChI=1S/C10H11NO3S/c1-14-6-2-3-9-7(4-6)11-8(5-15-9)10(12)13/h2-4,8,11H,5H2,1H3,(H,12,13). The quantitative estimate of drug-likeness (QED) is 0.801. The van der Waals surface area contributed by atoms with Gasteiger partial charge in [0.2, 0.25) is 0 Å². The number of anilines is 1. The van der Waals surface area contributed by atoms with Gasteiger partial charge < -0.3 is 15.2 Å². The van der Waals surface area contributed by atoms with Crippen molar-refractivity contribution in [3.63, 3.8) is 0 Å². The Bertz CT molecular complexity index is 394. The summed E-state index contributed by atoms with van der Waals surface area (Å²) < 4.78 is 5.08. The summed E-state index contributed by atoms with van der Waals surface area (Å²) in [5.41, 5.74) is 0.831. The molecule has 0 fully saturated rings. The van der Waals surface area contributed by atoms with Gasteiger partial charge >= 0.3 is 5.97 Å². The summed E-state index contributed by atoms with van der Waals surface area (Å²) in [4.78, 5) is 11.9. The molecule has 80 valence electrons. The fraction of sp³-hybridized carbons (Fsp3) is 0.300. The number of carboxylic acid groups (broad SMARTS) is 1. The molecule has 2 N–H and O–H groups in total. The fourth-order valence-electron chi connectivity index (χ4n) is 1.41. The first-order valence-corrected chi connectivity index (χ1v) is 5.49. The van der Waals surface area contributed by atoms with E-state index in [1.54, 1.807) is 18.9 Å². The molecule has 0 saturated heterocycles.